The molecule has 1 atom stereocenters. The number of aliphatic hydroxyl groups is 1. The maximum absolute atomic E-state index is 11.7. The first-order valence-electron chi connectivity index (χ1n) is 4.31. The summed E-state index contributed by atoms with van der Waals surface area (Å²) in [4.78, 5) is 0. The summed E-state index contributed by atoms with van der Waals surface area (Å²) < 4.78 is 39.4. The number of hydrogen-bond donors (Lipinski definition) is 1. The van der Waals surface area contributed by atoms with Crippen molar-refractivity contribution in [3.8, 4) is 0 Å². The van der Waals surface area contributed by atoms with E-state index in [1.54, 1.807) is 0 Å². The van der Waals surface area contributed by atoms with E-state index in [-0.39, 0.29) is 6.61 Å². The van der Waals surface area contributed by atoms with Gasteiger partial charge in [-0.25, -0.2) is 0 Å². The van der Waals surface area contributed by atoms with Gasteiger partial charge in [0, 0.05) is 6.42 Å². The molecule has 6 heteroatoms. The summed E-state index contributed by atoms with van der Waals surface area (Å²) in [5.41, 5.74) is 0.906. The topological polar surface area (TPSA) is 29.5 Å². The molecule has 0 fully saturated rings. The van der Waals surface area contributed by atoms with E-state index in [1.165, 1.54) is 11.3 Å². The summed E-state index contributed by atoms with van der Waals surface area (Å²) in [6, 6.07) is 1.82. The molecule has 0 spiro atoms. The lowest BCUT2D eigenvalue weighted by atomic mass is 10.2. The molecule has 1 heterocycles. The van der Waals surface area contributed by atoms with Gasteiger partial charge in [0.05, 0.1) is 12.7 Å². The number of thiophene rings is 1. The zero-order valence-corrected chi connectivity index (χ0v) is 8.64. The minimum Gasteiger partial charge on any atom is -0.390 e. The minimum atomic E-state index is -4.33. The SMILES string of the molecule is OC(COCC(F)(F)F)Cc1ccsc1. The molecular weight excluding hydrogens is 229 g/mol. The predicted molar refractivity (Wildman–Crippen MR) is 50.9 cm³/mol. The number of halogens is 3. The van der Waals surface area contributed by atoms with Crippen molar-refractivity contribution < 1.29 is 23.0 Å². The lowest BCUT2D eigenvalue weighted by molar-refractivity contribution is -0.179. The second-order valence-electron chi connectivity index (χ2n) is 3.12. The molecule has 0 saturated carbocycles. The summed E-state index contributed by atoms with van der Waals surface area (Å²) in [7, 11) is 0. The summed E-state index contributed by atoms with van der Waals surface area (Å²) >= 11 is 1.48. The van der Waals surface area contributed by atoms with Crippen molar-refractivity contribution in [2.75, 3.05) is 13.2 Å². The Kier molecular flexibility index (Phi) is 4.56. The number of alkyl halides is 3. The normalized spacial score (nSPS) is 14.1. The molecule has 0 aliphatic carbocycles. The first kappa shape index (κ1) is 12.5. The van der Waals surface area contributed by atoms with Gasteiger partial charge in [0.15, 0.2) is 0 Å². The zero-order valence-electron chi connectivity index (χ0n) is 7.83. The van der Waals surface area contributed by atoms with Crippen molar-refractivity contribution in [3.63, 3.8) is 0 Å². The Morgan fingerprint density at radius 2 is 2.20 bits per heavy atom. The van der Waals surface area contributed by atoms with Crippen molar-refractivity contribution in [3.05, 3.63) is 22.4 Å². The van der Waals surface area contributed by atoms with Crippen LogP contribution in [0.15, 0.2) is 16.8 Å². The smallest absolute Gasteiger partial charge is 0.390 e. The number of rotatable bonds is 5. The van der Waals surface area contributed by atoms with Gasteiger partial charge in [0.25, 0.3) is 0 Å². The summed E-state index contributed by atoms with van der Waals surface area (Å²) in [6.45, 7) is -1.61. The van der Waals surface area contributed by atoms with Crippen LogP contribution >= 0.6 is 11.3 Å². The van der Waals surface area contributed by atoms with Gasteiger partial charge in [-0.05, 0) is 22.4 Å². The van der Waals surface area contributed by atoms with Crippen LogP contribution in [-0.2, 0) is 11.2 Å². The van der Waals surface area contributed by atoms with E-state index in [2.05, 4.69) is 4.74 Å². The van der Waals surface area contributed by atoms with E-state index in [4.69, 9.17) is 0 Å². The van der Waals surface area contributed by atoms with E-state index < -0.39 is 18.9 Å². The first-order valence-corrected chi connectivity index (χ1v) is 5.25. The van der Waals surface area contributed by atoms with Crippen molar-refractivity contribution in [1.29, 1.82) is 0 Å². The Bertz CT molecular complexity index is 271. The molecule has 15 heavy (non-hydrogen) atoms. The predicted octanol–water partition coefficient (Wildman–Crippen LogP) is 2.23. The van der Waals surface area contributed by atoms with Crippen LogP contribution in [0.25, 0.3) is 0 Å². The molecule has 1 rings (SSSR count). The quantitative estimate of drug-likeness (QED) is 0.855. The van der Waals surface area contributed by atoms with Crippen LogP contribution in [0, 0.1) is 0 Å². The molecule has 1 N–H and O–H groups in total. The average Bonchev–Trinajstić information content (AvgIpc) is 2.54. The molecule has 0 aromatic carbocycles. The number of hydrogen-bond acceptors (Lipinski definition) is 3. The van der Waals surface area contributed by atoms with Gasteiger partial charge in [0.1, 0.15) is 6.61 Å². The lowest BCUT2D eigenvalue weighted by Crippen LogP contribution is -2.23. The van der Waals surface area contributed by atoms with Crippen molar-refractivity contribution in [2.45, 2.75) is 18.7 Å². The highest BCUT2D eigenvalue weighted by Crippen LogP contribution is 2.15. The van der Waals surface area contributed by atoms with Crippen LogP contribution in [0.2, 0.25) is 0 Å². The van der Waals surface area contributed by atoms with E-state index >= 15 is 0 Å². The van der Waals surface area contributed by atoms with E-state index in [9.17, 15) is 18.3 Å². The Hall–Kier alpha value is -0.590. The highest BCUT2D eigenvalue weighted by molar-refractivity contribution is 7.07. The maximum atomic E-state index is 11.7. The van der Waals surface area contributed by atoms with Gasteiger partial charge < -0.3 is 9.84 Å². The first-order chi connectivity index (χ1) is 6.97. The summed E-state index contributed by atoms with van der Waals surface area (Å²) in [5.74, 6) is 0. The minimum absolute atomic E-state index is 0.296. The molecule has 2 nitrogen and oxygen atoms in total. The Balaban J connectivity index is 2.17. The van der Waals surface area contributed by atoms with Gasteiger partial charge in [0.2, 0.25) is 0 Å². The molecular formula is C9H11F3O2S. The molecule has 0 saturated heterocycles. The Morgan fingerprint density at radius 1 is 1.47 bits per heavy atom. The molecule has 0 aliphatic heterocycles. The highest BCUT2D eigenvalue weighted by Gasteiger charge is 2.27. The van der Waals surface area contributed by atoms with Crippen LogP contribution < -0.4 is 0 Å². The zero-order chi connectivity index (χ0) is 11.3. The largest absolute Gasteiger partial charge is 0.411 e. The number of aliphatic hydroxyl groups excluding tert-OH is 1. The molecule has 1 unspecified atom stereocenters. The van der Waals surface area contributed by atoms with Crippen LogP contribution in [0.5, 0.6) is 0 Å². The molecule has 1 aromatic heterocycles. The van der Waals surface area contributed by atoms with Crippen LogP contribution in [0.3, 0.4) is 0 Å². The van der Waals surface area contributed by atoms with Crippen LogP contribution in [0.4, 0.5) is 13.2 Å². The molecule has 0 radical (unpaired) electrons. The van der Waals surface area contributed by atoms with E-state index in [1.807, 2.05) is 16.8 Å². The fraction of sp³-hybridized carbons (Fsp3) is 0.556. The third-order valence-corrected chi connectivity index (χ3v) is 2.36. The lowest BCUT2D eigenvalue weighted by Gasteiger charge is -2.11. The Labute approximate surface area is 89.3 Å². The monoisotopic (exact) mass is 240 g/mol. The third-order valence-electron chi connectivity index (χ3n) is 1.63. The van der Waals surface area contributed by atoms with Crippen LogP contribution in [0.1, 0.15) is 5.56 Å². The van der Waals surface area contributed by atoms with Gasteiger partial charge in [-0.3, -0.25) is 0 Å². The number of ether oxygens (including phenoxy) is 1. The Morgan fingerprint density at radius 3 is 2.73 bits per heavy atom. The fourth-order valence-corrected chi connectivity index (χ4v) is 1.73. The molecule has 86 valence electrons. The maximum Gasteiger partial charge on any atom is 0.411 e. The molecule has 0 bridgehead atoms. The van der Waals surface area contributed by atoms with Crippen LogP contribution in [-0.4, -0.2) is 30.6 Å². The van der Waals surface area contributed by atoms with E-state index in [0.717, 1.165) is 5.56 Å². The third kappa shape index (κ3) is 5.76. The van der Waals surface area contributed by atoms with Crippen molar-refractivity contribution >= 4 is 11.3 Å². The van der Waals surface area contributed by atoms with Gasteiger partial charge in [-0.15, -0.1) is 0 Å². The average molecular weight is 240 g/mol. The second-order valence-corrected chi connectivity index (χ2v) is 3.90. The second kappa shape index (κ2) is 5.48. The summed E-state index contributed by atoms with van der Waals surface area (Å²) in [5, 5.41) is 13.0. The van der Waals surface area contributed by atoms with Crippen molar-refractivity contribution in [2.24, 2.45) is 0 Å². The van der Waals surface area contributed by atoms with Crippen molar-refractivity contribution in [1.82, 2.24) is 0 Å². The standard InChI is InChI=1S/C9H11F3O2S/c10-9(11,12)6-14-4-8(13)3-7-1-2-15-5-7/h1-2,5,8,13H,3-4,6H2. The molecule has 1 aromatic rings. The van der Waals surface area contributed by atoms with Gasteiger partial charge in [-0.2, -0.15) is 24.5 Å². The van der Waals surface area contributed by atoms with Gasteiger partial charge in [-0.1, -0.05) is 0 Å². The summed E-state index contributed by atoms with van der Waals surface area (Å²) in [6.07, 6.45) is -4.90. The fourth-order valence-electron chi connectivity index (χ4n) is 1.05. The highest BCUT2D eigenvalue weighted by atomic mass is 32.1. The molecule has 0 amide bonds. The van der Waals surface area contributed by atoms with E-state index in [0.29, 0.717) is 6.42 Å². The van der Waals surface area contributed by atoms with Gasteiger partial charge >= 0.3 is 6.18 Å². The molecule has 0 aliphatic rings.